The molecule has 3 nitrogen and oxygen atoms in total. The lowest BCUT2D eigenvalue weighted by atomic mass is 10.1. The average molecular weight is 208 g/mol. The van der Waals surface area contributed by atoms with E-state index in [1.165, 1.54) is 0 Å². The molecular formula is C12H16O3. The summed E-state index contributed by atoms with van der Waals surface area (Å²) in [5, 5.41) is 0. The highest BCUT2D eigenvalue weighted by Gasteiger charge is 2.10. The first-order chi connectivity index (χ1) is 7.26. The van der Waals surface area contributed by atoms with Crippen molar-refractivity contribution in [2.45, 2.75) is 6.10 Å². The average Bonchev–Trinajstić information content (AvgIpc) is 2.30. The van der Waals surface area contributed by atoms with Crippen LogP contribution in [0.2, 0.25) is 0 Å². The summed E-state index contributed by atoms with van der Waals surface area (Å²) in [7, 11) is 4.86. The van der Waals surface area contributed by atoms with E-state index in [0.717, 1.165) is 5.56 Å². The van der Waals surface area contributed by atoms with Crippen molar-refractivity contribution in [1.29, 1.82) is 0 Å². The lowest BCUT2D eigenvalue weighted by Gasteiger charge is -2.14. The van der Waals surface area contributed by atoms with Crippen LogP contribution in [0.3, 0.4) is 0 Å². The van der Waals surface area contributed by atoms with Crippen LogP contribution in [0.1, 0.15) is 11.7 Å². The van der Waals surface area contributed by atoms with Gasteiger partial charge in [-0.1, -0.05) is 12.1 Å². The highest BCUT2D eigenvalue weighted by molar-refractivity contribution is 5.44. The van der Waals surface area contributed by atoms with Gasteiger partial charge in [0, 0.05) is 7.11 Å². The van der Waals surface area contributed by atoms with E-state index in [4.69, 9.17) is 14.2 Å². The summed E-state index contributed by atoms with van der Waals surface area (Å²) >= 11 is 0. The summed E-state index contributed by atoms with van der Waals surface area (Å²) in [5.41, 5.74) is 0.991. The summed E-state index contributed by atoms with van der Waals surface area (Å²) in [6.45, 7) is 3.71. The molecule has 0 fully saturated rings. The molecule has 0 saturated carbocycles. The fourth-order valence-corrected chi connectivity index (χ4v) is 1.40. The van der Waals surface area contributed by atoms with Crippen molar-refractivity contribution in [2.75, 3.05) is 21.3 Å². The second-order valence-electron chi connectivity index (χ2n) is 3.01. The minimum atomic E-state index is -0.121. The van der Waals surface area contributed by atoms with Crippen molar-refractivity contribution < 1.29 is 14.2 Å². The highest BCUT2D eigenvalue weighted by Crippen LogP contribution is 2.31. The number of rotatable bonds is 5. The SMILES string of the molecule is C=C[C@@H](OC)c1ccc(OC)c(OC)c1. The Morgan fingerprint density at radius 3 is 2.27 bits per heavy atom. The zero-order valence-electron chi connectivity index (χ0n) is 9.32. The summed E-state index contributed by atoms with van der Waals surface area (Å²) < 4.78 is 15.6. The second-order valence-corrected chi connectivity index (χ2v) is 3.01. The molecule has 0 aliphatic carbocycles. The number of methoxy groups -OCH3 is 3. The molecule has 82 valence electrons. The second kappa shape index (κ2) is 5.41. The van der Waals surface area contributed by atoms with E-state index in [1.54, 1.807) is 27.4 Å². The molecule has 0 radical (unpaired) electrons. The van der Waals surface area contributed by atoms with Gasteiger partial charge in [0.2, 0.25) is 0 Å². The largest absolute Gasteiger partial charge is 0.493 e. The number of ether oxygens (including phenoxy) is 3. The van der Waals surface area contributed by atoms with Crippen LogP contribution in [0.25, 0.3) is 0 Å². The first kappa shape index (κ1) is 11.6. The molecule has 0 unspecified atom stereocenters. The Balaban J connectivity index is 3.06. The molecule has 0 saturated heterocycles. The van der Waals surface area contributed by atoms with E-state index in [9.17, 15) is 0 Å². The maximum atomic E-state index is 5.24. The molecule has 0 heterocycles. The molecule has 0 amide bonds. The van der Waals surface area contributed by atoms with Crippen LogP contribution in [-0.4, -0.2) is 21.3 Å². The summed E-state index contributed by atoms with van der Waals surface area (Å²) in [6.07, 6.45) is 1.62. The molecule has 15 heavy (non-hydrogen) atoms. The first-order valence-electron chi connectivity index (χ1n) is 4.64. The monoisotopic (exact) mass is 208 g/mol. The maximum absolute atomic E-state index is 5.24. The molecule has 1 aromatic carbocycles. The fourth-order valence-electron chi connectivity index (χ4n) is 1.40. The van der Waals surface area contributed by atoms with Gasteiger partial charge in [-0.3, -0.25) is 0 Å². The lowest BCUT2D eigenvalue weighted by molar-refractivity contribution is 0.142. The normalized spacial score (nSPS) is 11.9. The molecule has 0 N–H and O–H groups in total. The van der Waals surface area contributed by atoms with Gasteiger partial charge in [-0.15, -0.1) is 6.58 Å². The van der Waals surface area contributed by atoms with Crippen LogP contribution in [-0.2, 0) is 4.74 Å². The Morgan fingerprint density at radius 1 is 1.13 bits per heavy atom. The van der Waals surface area contributed by atoms with Crippen LogP contribution in [0.4, 0.5) is 0 Å². The van der Waals surface area contributed by atoms with E-state index < -0.39 is 0 Å². The number of hydrogen-bond acceptors (Lipinski definition) is 3. The van der Waals surface area contributed by atoms with Crippen LogP contribution in [0.15, 0.2) is 30.9 Å². The lowest BCUT2D eigenvalue weighted by Crippen LogP contribution is -1.99. The summed E-state index contributed by atoms with van der Waals surface area (Å²) in [4.78, 5) is 0. The highest BCUT2D eigenvalue weighted by atomic mass is 16.5. The van der Waals surface area contributed by atoms with Crippen molar-refractivity contribution in [2.24, 2.45) is 0 Å². The van der Waals surface area contributed by atoms with Gasteiger partial charge in [0.15, 0.2) is 11.5 Å². The molecule has 0 aliphatic heterocycles. The third kappa shape index (κ3) is 2.50. The van der Waals surface area contributed by atoms with E-state index in [1.807, 2.05) is 18.2 Å². The van der Waals surface area contributed by atoms with Gasteiger partial charge in [-0.2, -0.15) is 0 Å². The van der Waals surface area contributed by atoms with Gasteiger partial charge in [0.25, 0.3) is 0 Å². The van der Waals surface area contributed by atoms with Crippen LogP contribution in [0.5, 0.6) is 11.5 Å². The quantitative estimate of drug-likeness (QED) is 0.696. The predicted octanol–water partition coefficient (Wildman–Crippen LogP) is 2.58. The Morgan fingerprint density at radius 2 is 1.80 bits per heavy atom. The van der Waals surface area contributed by atoms with Crippen LogP contribution < -0.4 is 9.47 Å². The Hall–Kier alpha value is -1.48. The van der Waals surface area contributed by atoms with E-state index in [0.29, 0.717) is 11.5 Å². The van der Waals surface area contributed by atoms with Gasteiger partial charge in [0.1, 0.15) is 6.10 Å². The molecule has 0 aliphatic rings. The summed E-state index contributed by atoms with van der Waals surface area (Å²) in [5.74, 6) is 1.40. The molecular weight excluding hydrogens is 192 g/mol. The van der Waals surface area contributed by atoms with Crippen molar-refractivity contribution in [3.8, 4) is 11.5 Å². The van der Waals surface area contributed by atoms with E-state index in [2.05, 4.69) is 6.58 Å². The minimum Gasteiger partial charge on any atom is -0.493 e. The zero-order valence-corrected chi connectivity index (χ0v) is 9.32. The molecule has 1 atom stereocenters. The smallest absolute Gasteiger partial charge is 0.161 e. The van der Waals surface area contributed by atoms with Crippen LogP contribution in [0, 0.1) is 0 Å². The first-order valence-corrected chi connectivity index (χ1v) is 4.64. The molecule has 3 heteroatoms. The van der Waals surface area contributed by atoms with Crippen molar-refractivity contribution >= 4 is 0 Å². The van der Waals surface area contributed by atoms with Gasteiger partial charge in [0.05, 0.1) is 14.2 Å². The van der Waals surface area contributed by atoms with E-state index >= 15 is 0 Å². The summed E-state index contributed by atoms with van der Waals surface area (Å²) in [6, 6.07) is 5.66. The van der Waals surface area contributed by atoms with Gasteiger partial charge in [-0.05, 0) is 17.7 Å². The topological polar surface area (TPSA) is 27.7 Å². The molecule has 0 spiro atoms. The standard InChI is InChI=1S/C12H16O3/c1-5-10(13-2)9-6-7-11(14-3)12(8-9)15-4/h5-8,10H,1H2,2-4H3/t10-/m1/s1. The van der Waals surface area contributed by atoms with E-state index in [-0.39, 0.29) is 6.10 Å². The number of hydrogen-bond donors (Lipinski definition) is 0. The third-order valence-corrected chi connectivity index (χ3v) is 2.20. The third-order valence-electron chi connectivity index (χ3n) is 2.20. The van der Waals surface area contributed by atoms with Crippen LogP contribution >= 0.6 is 0 Å². The van der Waals surface area contributed by atoms with Gasteiger partial charge in [-0.25, -0.2) is 0 Å². The Kier molecular flexibility index (Phi) is 4.18. The molecule has 1 aromatic rings. The molecule has 0 bridgehead atoms. The zero-order chi connectivity index (χ0) is 11.3. The number of benzene rings is 1. The Labute approximate surface area is 90.3 Å². The predicted molar refractivity (Wildman–Crippen MR) is 59.5 cm³/mol. The molecule has 0 aromatic heterocycles. The molecule has 1 rings (SSSR count). The van der Waals surface area contributed by atoms with Gasteiger partial charge < -0.3 is 14.2 Å². The van der Waals surface area contributed by atoms with Crippen molar-refractivity contribution in [1.82, 2.24) is 0 Å². The van der Waals surface area contributed by atoms with Crippen molar-refractivity contribution in [3.05, 3.63) is 36.4 Å². The maximum Gasteiger partial charge on any atom is 0.161 e. The van der Waals surface area contributed by atoms with Crippen molar-refractivity contribution in [3.63, 3.8) is 0 Å². The Bertz CT molecular complexity index is 334. The minimum absolute atomic E-state index is 0.121. The fraction of sp³-hybridized carbons (Fsp3) is 0.333. The van der Waals surface area contributed by atoms with Gasteiger partial charge >= 0.3 is 0 Å².